The van der Waals surface area contributed by atoms with Crippen LogP contribution in [0.15, 0.2) is 72.4 Å². The number of ether oxygens (including phenoxy) is 1. The molecule has 2 amide bonds. The Morgan fingerprint density at radius 1 is 1.17 bits per heavy atom. The molecular weight excluding hydrogens is 458 g/mol. The van der Waals surface area contributed by atoms with Gasteiger partial charge in [0, 0.05) is 48.5 Å². The quantitative estimate of drug-likeness (QED) is 0.516. The summed E-state index contributed by atoms with van der Waals surface area (Å²) >= 11 is 1.62. The third-order valence-corrected chi connectivity index (χ3v) is 7.97. The highest BCUT2D eigenvalue weighted by Gasteiger charge is 2.54. The van der Waals surface area contributed by atoms with Crippen molar-refractivity contribution in [1.29, 1.82) is 0 Å². The molecule has 1 N–H and O–H groups in total. The second-order valence-corrected chi connectivity index (χ2v) is 9.97. The lowest BCUT2D eigenvalue weighted by atomic mass is 9.71. The Morgan fingerprint density at radius 3 is 2.71 bits per heavy atom. The highest BCUT2D eigenvalue weighted by molar-refractivity contribution is 7.10. The molecule has 1 saturated heterocycles. The SMILES string of the molecule is CCO[C@H]1[C@H](NC(=O)c2cccnc2)c2ccccc2C12CCN(C(=O)C=Cc1cccs1)CC2. The first-order valence-corrected chi connectivity index (χ1v) is 12.9. The summed E-state index contributed by atoms with van der Waals surface area (Å²) in [5, 5.41) is 5.24. The van der Waals surface area contributed by atoms with E-state index >= 15 is 0 Å². The van der Waals surface area contributed by atoms with E-state index in [4.69, 9.17) is 4.74 Å². The van der Waals surface area contributed by atoms with Gasteiger partial charge < -0.3 is 15.0 Å². The zero-order valence-corrected chi connectivity index (χ0v) is 20.5. The minimum atomic E-state index is -0.264. The van der Waals surface area contributed by atoms with Crippen molar-refractivity contribution >= 4 is 29.2 Å². The lowest BCUT2D eigenvalue weighted by Crippen LogP contribution is -2.51. The number of carbonyl (C=O) groups is 2. The molecule has 1 aliphatic carbocycles. The van der Waals surface area contributed by atoms with Gasteiger partial charge in [-0.15, -0.1) is 11.3 Å². The molecule has 5 rings (SSSR count). The predicted molar refractivity (Wildman–Crippen MR) is 137 cm³/mol. The fraction of sp³-hybridized carbons (Fsp3) is 0.321. The molecular formula is C28H29N3O3S. The summed E-state index contributed by atoms with van der Waals surface area (Å²) in [5.74, 6) is -0.125. The van der Waals surface area contributed by atoms with Crippen LogP contribution in [0.2, 0.25) is 0 Å². The molecule has 3 heterocycles. The van der Waals surface area contributed by atoms with Crippen LogP contribution < -0.4 is 5.32 Å². The Hall–Kier alpha value is -3.29. The van der Waals surface area contributed by atoms with E-state index in [1.165, 1.54) is 5.56 Å². The van der Waals surface area contributed by atoms with Crippen molar-refractivity contribution < 1.29 is 14.3 Å². The largest absolute Gasteiger partial charge is 0.375 e. The number of amides is 2. The molecule has 35 heavy (non-hydrogen) atoms. The summed E-state index contributed by atoms with van der Waals surface area (Å²) in [7, 11) is 0. The van der Waals surface area contributed by atoms with Crippen molar-refractivity contribution in [1.82, 2.24) is 15.2 Å². The molecule has 0 unspecified atom stereocenters. The van der Waals surface area contributed by atoms with Gasteiger partial charge in [0.1, 0.15) is 0 Å². The summed E-state index contributed by atoms with van der Waals surface area (Å²) in [5.41, 5.74) is 2.59. The molecule has 0 bridgehead atoms. The van der Waals surface area contributed by atoms with Gasteiger partial charge in [0.15, 0.2) is 0 Å². The normalized spacial score (nSPS) is 20.8. The van der Waals surface area contributed by atoms with Crippen LogP contribution in [0.25, 0.3) is 6.08 Å². The standard InChI is InChI=1S/C28H29N3O3S/c1-2-34-26-25(30-27(33)20-7-5-15-29-19-20)22-9-3-4-10-23(22)28(26)13-16-31(17-14-28)24(32)12-11-21-8-6-18-35-21/h3-12,15,18-19,25-26H,2,13-14,16-17H2,1H3,(H,30,33)/t25-,26+/m1/s1. The third kappa shape index (κ3) is 4.54. The molecule has 3 aromatic rings. The van der Waals surface area contributed by atoms with Gasteiger partial charge in [-0.2, -0.15) is 0 Å². The van der Waals surface area contributed by atoms with Gasteiger partial charge in [-0.3, -0.25) is 14.6 Å². The summed E-state index contributed by atoms with van der Waals surface area (Å²) < 4.78 is 6.37. The second-order valence-electron chi connectivity index (χ2n) is 8.99. The average molecular weight is 488 g/mol. The lowest BCUT2D eigenvalue weighted by Gasteiger charge is -2.44. The topological polar surface area (TPSA) is 71.5 Å². The number of piperidine rings is 1. The first kappa shape index (κ1) is 23.5. The predicted octanol–water partition coefficient (Wildman–Crippen LogP) is 4.61. The Labute approximate surface area is 209 Å². The van der Waals surface area contributed by atoms with E-state index in [1.807, 2.05) is 41.5 Å². The number of aromatic nitrogens is 1. The molecule has 1 spiro atoms. The van der Waals surface area contributed by atoms with E-state index in [9.17, 15) is 9.59 Å². The molecule has 2 aromatic heterocycles. The smallest absolute Gasteiger partial charge is 0.253 e. The van der Waals surface area contributed by atoms with Crippen LogP contribution in [0, 0.1) is 0 Å². The Morgan fingerprint density at radius 2 is 2.00 bits per heavy atom. The van der Waals surface area contributed by atoms with Gasteiger partial charge in [-0.25, -0.2) is 0 Å². The summed E-state index contributed by atoms with van der Waals surface area (Å²) in [6.07, 6.45) is 8.15. The monoisotopic (exact) mass is 487 g/mol. The highest BCUT2D eigenvalue weighted by atomic mass is 32.1. The van der Waals surface area contributed by atoms with Gasteiger partial charge in [-0.1, -0.05) is 30.3 Å². The molecule has 1 fully saturated rings. The summed E-state index contributed by atoms with van der Waals surface area (Å²) in [6.45, 7) is 3.83. The lowest BCUT2D eigenvalue weighted by molar-refractivity contribution is -0.128. The van der Waals surface area contributed by atoms with Gasteiger partial charge in [-0.05, 0) is 60.5 Å². The van der Waals surface area contributed by atoms with Gasteiger partial charge in [0.2, 0.25) is 5.91 Å². The maximum Gasteiger partial charge on any atom is 0.253 e. The van der Waals surface area contributed by atoms with Crippen LogP contribution in [-0.2, 0) is 14.9 Å². The molecule has 0 saturated carbocycles. The van der Waals surface area contributed by atoms with Crippen molar-refractivity contribution in [2.45, 2.75) is 37.3 Å². The molecule has 7 heteroatoms. The Balaban J connectivity index is 1.38. The second kappa shape index (κ2) is 10.1. The maximum atomic E-state index is 13.1. The first-order chi connectivity index (χ1) is 17.1. The number of rotatable bonds is 6. The molecule has 0 radical (unpaired) electrons. The fourth-order valence-corrected chi connectivity index (χ4v) is 6.11. The molecule has 180 valence electrons. The maximum absolute atomic E-state index is 13.1. The number of hydrogen-bond donors (Lipinski definition) is 1. The van der Waals surface area contributed by atoms with E-state index in [2.05, 4.69) is 28.5 Å². The molecule has 2 aliphatic rings. The molecule has 6 nitrogen and oxygen atoms in total. The average Bonchev–Trinajstić information content (AvgIpc) is 3.51. The summed E-state index contributed by atoms with van der Waals surface area (Å²) in [6, 6.07) is 15.6. The Bertz CT molecular complexity index is 1200. The zero-order chi connectivity index (χ0) is 24.3. The van der Waals surface area contributed by atoms with Crippen LogP contribution in [0.5, 0.6) is 0 Å². The van der Waals surface area contributed by atoms with Crippen molar-refractivity contribution in [3.8, 4) is 0 Å². The van der Waals surface area contributed by atoms with Crippen molar-refractivity contribution in [3.05, 3.63) is 93.9 Å². The van der Waals surface area contributed by atoms with E-state index in [0.29, 0.717) is 25.3 Å². The number of hydrogen-bond acceptors (Lipinski definition) is 5. The highest BCUT2D eigenvalue weighted by Crippen LogP contribution is 2.52. The van der Waals surface area contributed by atoms with Crippen molar-refractivity contribution in [3.63, 3.8) is 0 Å². The summed E-state index contributed by atoms with van der Waals surface area (Å²) in [4.78, 5) is 33.0. The van der Waals surface area contributed by atoms with E-state index in [-0.39, 0.29) is 29.4 Å². The van der Waals surface area contributed by atoms with Crippen LogP contribution >= 0.6 is 11.3 Å². The number of carbonyl (C=O) groups excluding carboxylic acids is 2. The Kier molecular flexibility index (Phi) is 6.79. The number of nitrogens with zero attached hydrogens (tertiary/aromatic N) is 2. The zero-order valence-electron chi connectivity index (χ0n) is 19.7. The van der Waals surface area contributed by atoms with Crippen LogP contribution in [0.4, 0.5) is 0 Å². The molecule has 1 aromatic carbocycles. The minimum Gasteiger partial charge on any atom is -0.375 e. The fourth-order valence-electron chi connectivity index (χ4n) is 5.49. The number of likely N-dealkylation sites (tertiary alicyclic amines) is 1. The number of benzene rings is 1. The van der Waals surface area contributed by atoms with E-state index in [0.717, 1.165) is 23.3 Å². The third-order valence-electron chi connectivity index (χ3n) is 7.14. The van der Waals surface area contributed by atoms with Crippen LogP contribution in [0.3, 0.4) is 0 Å². The minimum absolute atomic E-state index is 0.0360. The number of thiophene rings is 1. The van der Waals surface area contributed by atoms with Crippen molar-refractivity contribution in [2.75, 3.05) is 19.7 Å². The number of fused-ring (bicyclic) bond motifs is 2. The van der Waals surface area contributed by atoms with Crippen LogP contribution in [-0.4, -0.2) is 47.5 Å². The number of nitrogens with one attached hydrogen (secondary N) is 1. The van der Waals surface area contributed by atoms with E-state index < -0.39 is 0 Å². The molecule has 1 aliphatic heterocycles. The number of pyridine rings is 1. The molecule has 2 atom stereocenters. The van der Waals surface area contributed by atoms with Crippen molar-refractivity contribution in [2.24, 2.45) is 0 Å². The van der Waals surface area contributed by atoms with Crippen LogP contribution in [0.1, 0.15) is 52.2 Å². The first-order valence-electron chi connectivity index (χ1n) is 12.0. The van der Waals surface area contributed by atoms with Gasteiger partial charge >= 0.3 is 0 Å². The van der Waals surface area contributed by atoms with Gasteiger partial charge in [0.05, 0.1) is 17.7 Å². The van der Waals surface area contributed by atoms with Gasteiger partial charge in [0.25, 0.3) is 5.91 Å². The van der Waals surface area contributed by atoms with E-state index in [1.54, 1.807) is 41.9 Å².